The Morgan fingerprint density at radius 2 is 1.71 bits per heavy atom. The maximum atomic E-state index is 10.2. The van der Waals surface area contributed by atoms with E-state index in [0.717, 1.165) is 0 Å². The van der Waals surface area contributed by atoms with Crippen molar-refractivity contribution in [3.8, 4) is 0 Å². The summed E-state index contributed by atoms with van der Waals surface area (Å²) in [4.78, 5) is 0. The van der Waals surface area contributed by atoms with Gasteiger partial charge in [-0.25, -0.2) is 4.18 Å². The van der Waals surface area contributed by atoms with E-state index in [0.29, 0.717) is 0 Å². The molecule has 0 heterocycles. The van der Waals surface area contributed by atoms with Gasteiger partial charge in [-0.05, 0) is 0 Å². The van der Waals surface area contributed by atoms with Gasteiger partial charge in [-0.1, -0.05) is 0 Å². The van der Waals surface area contributed by atoms with E-state index in [2.05, 4.69) is 4.18 Å². The number of aliphatic hydroxyl groups is 1. The highest BCUT2D eigenvalue weighted by molar-refractivity contribution is 7.84. The maximum absolute atomic E-state index is 10.2. The molecule has 0 saturated heterocycles. The smallest absolute Gasteiger partial charge is 0.396 e. The fraction of sp³-hybridized carbons (Fsp3) is 1.00. The van der Waals surface area contributed by atoms with Gasteiger partial charge in [-0.15, -0.1) is 0 Å². The molecule has 4 N–H and O–H groups in total. The van der Waals surface area contributed by atoms with Crippen molar-refractivity contribution in [2.24, 2.45) is 0 Å². The average Bonchev–Trinajstić information content (AvgIpc) is 1.78. The predicted octanol–water partition coefficient (Wildman–Crippen LogP) is -2.09. The van der Waals surface area contributed by atoms with E-state index in [4.69, 9.17) is 14.2 Å². The van der Waals surface area contributed by atoms with Gasteiger partial charge in [0, 0.05) is 13.0 Å². The van der Waals surface area contributed by atoms with Crippen molar-refractivity contribution in [3.05, 3.63) is 0 Å². The minimum absolute atomic E-state index is 0.459. The maximum Gasteiger partial charge on any atom is 0.398 e. The molecule has 0 aliphatic rings. The molecule has 0 radical (unpaired) electrons. The largest absolute Gasteiger partial charge is 0.398 e. The van der Waals surface area contributed by atoms with Gasteiger partial charge in [0.05, 0.1) is 0 Å². The summed E-state index contributed by atoms with van der Waals surface area (Å²) in [5.41, 5.74) is 0. The lowest BCUT2D eigenvalue weighted by molar-refractivity contribution is 0.133. The molecule has 1 atom stereocenters. The highest BCUT2D eigenvalue weighted by Crippen LogP contribution is 2.00. The molecule has 0 aliphatic heterocycles. The first-order chi connectivity index (χ1) is 6.14. The van der Waals surface area contributed by atoms with Crippen LogP contribution in [0.15, 0.2) is 0 Å². The van der Waals surface area contributed by atoms with Gasteiger partial charge in [-0.3, -0.25) is 9.11 Å². The summed E-state index contributed by atoms with van der Waals surface area (Å²) < 4.78 is 62.2. The van der Waals surface area contributed by atoms with Crippen molar-refractivity contribution >= 4 is 20.7 Å². The van der Waals surface area contributed by atoms with Crippen molar-refractivity contribution in [2.45, 2.75) is 12.6 Å². The highest BCUT2D eigenvalue weighted by Gasteiger charge is 2.20. The quantitative estimate of drug-likeness (QED) is 0.310. The number of aliphatic hydroxyl groups excluding tert-OH is 1. The Bertz CT molecular complexity index is 322. The third-order valence-electron chi connectivity index (χ3n) is 0.909. The van der Waals surface area contributed by atoms with Gasteiger partial charge in [0.15, 0.2) is 0 Å². The van der Waals surface area contributed by atoms with Crippen LogP contribution in [0.5, 0.6) is 0 Å². The third-order valence-corrected chi connectivity index (χ3v) is 1.95. The first kappa shape index (κ1) is 13.7. The molecular weight excluding hydrogens is 242 g/mol. The summed E-state index contributed by atoms with van der Waals surface area (Å²) in [5, 5.41) is 8.36. The zero-order valence-electron chi connectivity index (χ0n) is 6.69. The fourth-order valence-corrected chi connectivity index (χ4v) is 1.55. The van der Waals surface area contributed by atoms with E-state index in [-0.39, 0.29) is 0 Å². The van der Waals surface area contributed by atoms with Crippen LogP contribution in [0.2, 0.25) is 0 Å². The van der Waals surface area contributed by atoms with E-state index in [1.54, 1.807) is 0 Å². The SMILES string of the molecule is O=S(=O)(O)NC(CCO)OS(=O)(=O)O. The Morgan fingerprint density at radius 1 is 1.21 bits per heavy atom. The Hall–Kier alpha value is -0.300. The van der Waals surface area contributed by atoms with Crippen molar-refractivity contribution in [1.82, 2.24) is 4.72 Å². The predicted molar refractivity (Wildman–Crippen MR) is 42.8 cm³/mol. The van der Waals surface area contributed by atoms with Gasteiger partial charge in [0.25, 0.3) is 0 Å². The van der Waals surface area contributed by atoms with E-state index < -0.39 is 40.0 Å². The Morgan fingerprint density at radius 3 is 2.00 bits per heavy atom. The van der Waals surface area contributed by atoms with Crippen LogP contribution in [0.1, 0.15) is 6.42 Å². The molecule has 9 nitrogen and oxygen atoms in total. The zero-order chi connectivity index (χ0) is 11.4. The van der Waals surface area contributed by atoms with E-state index >= 15 is 0 Å². The lowest BCUT2D eigenvalue weighted by atomic mass is 10.4. The molecule has 0 bridgehead atoms. The van der Waals surface area contributed by atoms with Crippen LogP contribution in [0.3, 0.4) is 0 Å². The second kappa shape index (κ2) is 4.97. The highest BCUT2D eigenvalue weighted by atomic mass is 32.3. The zero-order valence-corrected chi connectivity index (χ0v) is 8.32. The lowest BCUT2D eigenvalue weighted by Gasteiger charge is -2.13. The molecule has 11 heteroatoms. The van der Waals surface area contributed by atoms with Crippen molar-refractivity contribution in [3.63, 3.8) is 0 Å². The number of hydrogen-bond donors (Lipinski definition) is 4. The Kier molecular flexibility index (Phi) is 4.87. The topological polar surface area (TPSA) is 150 Å². The number of hydrogen-bond acceptors (Lipinski definition) is 6. The van der Waals surface area contributed by atoms with Crippen LogP contribution in [0.25, 0.3) is 0 Å². The summed E-state index contributed by atoms with van der Waals surface area (Å²) in [6, 6.07) is 0. The van der Waals surface area contributed by atoms with Gasteiger partial charge in [0.1, 0.15) is 6.23 Å². The molecule has 0 aliphatic carbocycles. The van der Waals surface area contributed by atoms with Crippen LogP contribution < -0.4 is 4.72 Å². The van der Waals surface area contributed by atoms with Gasteiger partial charge in [0.2, 0.25) is 0 Å². The van der Waals surface area contributed by atoms with Crippen LogP contribution in [0, 0.1) is 0 Å². The summed E-state index contributed by atoms with van der Waals surface area (Å²) >= 11 is 0. The van der Waals surface area contributed by atoms with E-state index in [9.17, 15) is 16.8 Å². The van der Waals surface area contributed by atoms with Crippen molar-refractivity contribution in [2.75, 3.05) is 6.61 Å². The molecule has 14 heavy (non-hydrogen) atoms. The lowest BCUT2D eigenvalue weighted by Crippen LogP contribution is -2.38. The van der Waals surface area contributed by atoms with E-state index in [1.165, 1.54) is 4.72 Å². The molecule has 1 unspecified atom stereocenters. The van der Waals surface area contributed by atoms with Gasteiger partial charge in [-0.2, -0.15) is 21.6 Å². The molecule has 0 fully saturated rings. The second-order valence-electron chi connectivity index (χ2n) is 2.12. The molecule has 0 aromatic carbocycles. The van der Waals surface area contributed by atoms with Gasteiger partial charge >= 0.3 is 20.7 Å². The average molecular weight is 251 g/mol. The summed E-state index contributed by atoms with van der Waals surface area (Å²) in [7, 11) is -9.55. The standard InChI is InChI=1S/C3H9NO8S2/c5-2-1-3(4-13(6,7)8)12-14(9,10)11/h3-5H,1-2H2,(H,6,7,8)(H,9,10,11). The van der Waals surface area contributed by atoms with Crippen LogP contribution in [-0.4, -0.2) is 43.9 Å². The molecule has 0 aromatic heterocycles. The van der Waals surface area contributed by atoms with Crippen LogP contribution >= 0.6 is 0 Å². The van der Waals surface area contributed by atoms with Crippen LogP contribution in [0.4, 0.5) is 0 Å². The molecule has 0 amide bonds. The molecular formula is C3H9NO8S2. The van der Waals surface area contributed by atoms with E-state index in [1.807, 2.05) is 0 Å². The van der Waals surface area contributed by atoms with Crippen LogP contribution in [-0.2, 0) is 24.9 Å². The third kappa shape index (κ3) is 8.31. The first-order valence-electron chi connectivity index (χ1n) is 3.15. The molecule has 0 spiro atoms. The summed E-state index contributed by atoms with van der Waals surface area (Å²) in [5.74, 6) is 0. The van der Waals surface area contributed by atoms with Gasteiger partial charge < -0.3 is 5.11 Å². The van der Waals surface area contributed by atoms with Crippen molar-refractivity contribution < 1.29 is 35.2 Å². The molecule has 86 valence electrons. The minimum atomic E-state index is -4.87. The molecule has 0 aromatic rings. The molecule has 0 rings (SSSR count). The number of nitrogens with one attached hydrogen (secondary N) is 1. The monoisotopic (exact) mass is 251 g/mol. The summed E-state index contributed by atoms with van der Waals surface area (Å²) in [6.07, 6.45) is -2.22. The summed E-state index contributed by atoms with van der Waals surface area (Å²) in [6.45, 7) is -0.608. The van der Waals surface area contributed by atoms with Crippen molar-refractivity contribution in [1.29, 1.82) is 0 Å². The molecule has 0 saturated carbocycles. The fourth-order valence-electron chi connectivity index (χ4n) is 0.557. The second-order valence-corrected chi connectivity index (χ2v) is 4.35. The normalized spacial score (nSPS) is 15.4. The minimum Gasteiger partial charge on any atom is -0.396 e. The number of rotatable bonds is 6. The Labute approximate surface area is 80.5 Å². The Balaban J connectivity index is 4.46. The first-order valence-corrected chi connectivity index (χ1v) is 5.96.